The van der Waals surface area contributed by atoms with Crippen molar-refractivity contribution >= 4 is 36.4 Å². The Kier molecular flexibility index (Phi) is 10.4. The number of pyridine rings is 1. The van der Waals surface area contributed by atoms with Crippen LogP contribution in [0.1, 0.15) is 54.9 Å². The number of aromatic nitrogens is 1. The summed E-state index contributed by atoms with van der Waals surface area (Å²) in [5.41, 5.74) is 6.00. The molecule has 3 aromatic rings. The summed E-state index contributed by atoms with van der Waals surface area (Å²) in [6.45, 7) is 4.05. The molecule has 1 unspecified atom stereocenters. The molecule has 38 heavy (non-hydrogen) atoms. The van der Waals surface area contributed by atoms with E-state index in [-0.39, 0.29) is 6.10 Å². The molecule has 1 atom stereocenters. The van der Waals surface area contributed by atoms with E-state index in [1.807, 2.05) is 19.1 Å². The van der Waals surface area contributed by atoms with Crippen LogP contribution in [-0.4, -0.2) is 33.7 Å². The van der Waals surface area contributed by atoms with Crippen molar-refractivity contribution in [3.8, 4) is 23.3 Å². The van der Waals surface area contributed by atoms with Gasteiger partial charge in [0.15, 0.2) is 11.6 Å². The zero-order chi connectivity index (χ0) is 27.7. The third-order valence-corrected chi connectivity index (χ3v) is 5.93. The van der Waals surface area contributed by atoms with Gasteiger partial charge in [-0.3, -0.25) is 0 Å². The van der Waals surface area contributed by atoms with Gasteiger partial charge < -0.3 is 14.9 Å². The second kappa shape index (κ2) is 13.5. The molecule has 1 aliphatic carbocycles. The lowest BCUT2D eigenvalue weighted by Gasteiger charge is -2.17. The predicted octanol–water partition coefficient (Wildman–Crippen LogP) is 7.28. The van der Waals surface area contributed by atoms with Gasteiger partial charge in [-0.15, -0.1) is 0 Å². The number of benzene rings is 2. The van der Waals surface area contributed by atoms with E-state index in [0.29, 0.717) is 27.9 Å². The number of hydroxylamine groups is 1. The van der Waals surface area contributed by atoms with Crippen LogP contribution in [0, 0.1) is 23.7 Å². The Morgan fingerprint density at radius 3 is 2.55 bits per heavy atom. The molecule has 2 aromatic carbocycles. The van der Waals surface area contributed by atoms with Crippen molar-refractivity contribution in [1.29, 1.82) is 10.7 Å². The molecule has 1 saturated carbocycles. The highest BCUT2D eigenvalue weighted by Gasteiger charge is 2.26. The number of halogens is 1. The number of anilines is 1. The summed E-state index contributed by atoms with van der Waals surface area (Å²) >= 11 is 10.1. The Morgan fingerprint density at radius 1 is 1.26 bits per heavy atom. The molecule has 0 saturated heterocycles. The van der Waals surface area contributed by atoms with Crippen molar-refractivity contribution in [2.24, 2.45) is 0 Å². The van der Waals surface area contributed by atoms with Crippen LogP contribution >= 0.6 is 24.4 Å². The minimum absolute atomic E-state index is 0.192. The van der Waals surface area contributed by atoms with Gasteiger partial charge in [-0.25, -0.2) is 4.98 Å². The van der Waals surface area contributed by atoms with Crippen LogP contribution in [-0.2, 0) is 6.42 Å². The van der Waals surface area contributed by atoms with Crippen LogP contribution in [0.2, 0.25) is 5.02 Å². The number of unbranched alkanes of at least 4 members (excludes halogenated alkanes) is 1. The Labute approximate surface area is 234 Å². The molecule has 1 aromatic heterocycles. The van der Waals surface area contributed by atoms with E-state index in [2.05, 4.69) is 48.4 Å². The van der Waals surface area contributed by atoms with Crippen molar-refractivity contribution in [2.75, 3.05) is 12.5 Å². The highest BCUT2D eigenvalue weighted by molar-refractivity contribution is 7.74. The Hall–Kier alpha value is -3.29. The molecule has 1 heterocycles. The maximum absolute atomic E-state index is 9.34. The maximum atomic E-state index is 9.34. The first-order valence-corrected chi connectivity index (χ1v) is 13.1. The van der Waals surface area contributed by atoms with Crippen molar-refractivity contribution in [1.82, 2.24) is 4.98 Å². The average Bonchev–Trinajstić information content (AvgIpc) is 3.70. The predicted molar refractivity (Wildman–Crippen MR) is 152 cm³/mol. The molecule has 0 spiro atoms. The highest BCUT2D eigenvalue weighted by atomic mass is 35.5. The number of thiol groups is 1. The lowest BCUT2D eigenvalue weighted by Crippen LogP contribution is -2.36. The molecule has 0 radical (unpaired) electrons. The molecule has 0 bridgehead atoms. The third-order valence-electron chi connectivity index (χ3n) is 5.55. The highest BCUT2D eigenvalue weighted by Crippen LogP contribution is 2.38. The lowest BCUT2D eigenvalue weighted by molar-refractivity contribution is -0.955. The fourth-order valence-electron chi connectivity index (χ4n) is 3.40. The minimum atomic E-state index is -0.701. The smallest absolute Gasteiger partial charge is 0.179 e. The van der Waals surface area contributed by atoms with Crippen molar-refractivity contribution in [2.45, 2.75) is 52.1 Å². The first-order chi connectivity index (χ1) is 18.1. The van der Waals surface area contributed by atoms with E-state index < -0.39 is 4.16 Å². The van der Waals surface area contributed by atoms with Crippen molar-refractivity contribution in [3.05, 3.63) is 75.9 Å². The van der Waals surface area contributed by atoms with Crippen molar-refractivity contribution < 1.29 is 18.8 Å². The summed E-state index contributed by atoms with van der Waals surface area (Å²) in [5, 5.41) is 26.2. The van der Waals surface area contributed by atoms with Gasteiger partial charge in [0.2, 0.25) is 0 Å². The van der Waals surface area contributed by atoms with Crippen LogP contribution in [0.4, 0.5) is 5.82 Å². The van der Waals surface area contributed by atoms with Crippen LogP contribution in [0.5, 0.6) is 17.2 Å². The fourth-order valence-corrected chi connectivity index (χ4v) is 3.75. The van der Waals surface area contributed by atoms with E-state index in [0.717, 1.165) is 36.1 Å². The summed E-state index contributed by atoms with van der Waals surface area (Å²) in [4.78, 5) is 4.03. The van der Waals surface area contributed by atoms with Crippen molar-refractivity contribution in [3.63, 3.8) is 0 Å². The second-order valence-corrected chi connectivity index (χ2v) is 10.3. The SMILES string of the molecule is CCCCc1ccc(Oc2cc(Cl)c(OC3CC3)c(C#N)c2)cc1.Cc1cnc(N[N+](C)(O)S)cc1C=N. The van der Waals surface area contributed by atoms with E-state index in [4.69, 9.17) is 26.5 Å². The summed E-state index contributed by atoms with van der Waals surface area (Å²) in [6.07, 6.45) is 8.54. The molecule has 3 N–H and O–H groups in total. The third kappa shape index (κ3) is 9.23. The van der Waals surface area contributed by atoms with Crippen LogP contribution in [0.3, 0.4) is 0 Å². The molecular formula is C28H33ClN5O3S+. The standard InChI is InChI=1S/C20H20ClNO2.C8H13N4OS/c1-2-3-4-14-5-7-16(8-6-14)23-18-11-15(13-22)20(19(21)12-18)24-17-9-10-17;1-6-5-10-8(3-7(6)4-9)11-12(2,13)14/h5-8,11-12,17H,2-4,9-10H2,1H3;3-5,9,13-14H,1-2H3,(H,10,11)/q;+1. The molecule has 1 fully saturated rings. The van der Waals surface area contributed by atoms with Gasteiger partial charge in [0.1, 0.15) is 37.4 Å². The van der Waals surface area contributed by atoms with Gasteiger partial charge in [-0.1, -0.05) is 37.1 Å². The summed E-state index contributed by atoms with van der Waals surface area (Å²) in [6, 6.07) is 15.2. The monoisotopic (exact) mass is 554 g/mol. The lowest BCUT2D eigenvalue weighted by atomic mass is 10.1. The number of hydrogen-bond acceptors (Lipinski definition) is 8. The van der Waals surface area contributed by atoms with E-state index in [1.165, 1.54) is 31.7 Å². The summed E-state index contributed by atoms with van der Waals surface area (Å²) < 4.78 is 10.9. The van der Waals surface area contributed by atoms with Gasteiger partial charge in [0.25, 0.3) is 0 Å². The minimum Gasteiger partial charge on any atom is -0.487 e. The van der Waals surface area contributed by atoms with Gasteiger partial charge >= 0.3 is 0 Å². The molecular weight excluding hydrogens is 522 g/mol. The number of rotatable bonds is 10. The number of ether oxygens (including phenoxy) is 2. The number of nitrogens with zero attached hydrogens (tertiary/aromatic N) is 3. The number of aryl methyl sites for hydroxylation is 2. The molecule has 8 nitrogen and oxygen atoms in total. The number of hydrogen-bond donors (Lipinski definition) is 4. The molecule has 0 aliphatic heterocycles. The van der Waals surface area contributed by atoms with Crippen LogP contribution in [0.15, 0.2) is 48.7 Å². The summed E-state index contributed by atoms with van der Waals surface area (Å²) in [5.74, 6) is 2.20. The Morgan fingerprint density at radius 2 is 1.97 bits per heavy atom. The maximum Gasteiger partial charge on any atom is 0.179 e. The zero-order valence-electron chi connectivity index (χ0n) is 21.7. The zero-order valence-corrected chi connectivity index (χ0v) is 23.4. The van der Waals surface area contributed by atoms with Gasteiger partial charge in [-0.2, -0.15) is 15.9 Å². The van der Waals surface area contributed by atoms with E-state index in [9.17, 15) is 10.5 Å². The second-order valence-electron chi connectivity index (χ2n) is 9.16. The fraction of sp³-hybridized carbons (Fsp3) is 0.321. The number of quaternary nitrogens is 1. The number of nitriles is 1. The first kappa shape index (κ1) is 29.3. The first-order valence-electron chi connectivity index (χ1n) is 12.4. The largest absolute Gasteiger partial charge is 0.487 e. The molecule has 10 heteroatoms. The number of nitrogens with one attached hydrogen (secondary N) is 2. The van der Waals surface area contributed by atoms with Crippen LogP contribution in [0.25, 0.3) is 0 Å². The van der Waals surface area contributed by atoms with Gasteiger partial charge in [0, 0.05) is 30.1 Å². The average molecular weight is 555 g/mol. The van der Waals surface area contributed by atoms with E-state index >= 15 is 0 Å². The van der Waals surface area contributed by atoms with Crippen LogP contribution < -0.4 is 14.9 Å². The Bertz CT molecular complexity index is 1290. The topological polar surface area (TPSA) is 111 Å². The van der Waals surface area contributed by atoms with Gasteiger partial charge in [0.05, 0.1) is 16.7 Å². The molecule has 1 aliphatic rings. The van der Waals surface area contributed by atoms with Gasteiger partial charge in [-0.05, 0) is 66.1 Å². The Balaban J connectivity index is 0.000000244. The summed E-state index contributed by atoms with van der Waals surface area (Å²) in [7, 11) is 1.44. The molecule has 4 rings (SSSR count). The molecule has 0 amide bonds. The van der Waals surface area contributed by atoms with E-state index in [1.54, 1.807) is 24.4 Å². The quantitative estimate of drug-likeness (QED) is 0.0906. The molecule has 200 valence electrons. The normalized spacial score (nSPS) is 13.8.